The van der Waals surface area contributed by atoms with Gasteiger partial charge in [0.15, 0.2) is 0 Å². The molecule has 0 unspecified atom stereocenters. The minimum Gasteiger partial charge on any atom is -0.366 e. The first-order valence-electron chi connectivity index (χ1n) is 4.63. The summed E-state index contributed by atoms with van der Waals surface area (Å²) in [7, 11) is 1.69. The number of hydrogen-bond donors (Lipinski definition) is 1. The number of amides is 2. The van der Waals surface area contributed by atoms with Gasteiger partial charge in [-0.15, -0.1) is 11.3 Å². The summed E-state index contributed by atoms with van der Waals surface area (Å²) >= 11 is 1.49. The van der Waals surface area contributed by atoms with Gasteiger partial charge in [0.25, 0.3) is 0 Å². The van der Waals surface area contributed by atoms with Crippen LogP contribution in [-0.2, 0) is 4.79 Å². The number of primary amides is 1. The monoisotopic (exact) mass is 234 g/mol. The van der Waals surface area contributed by atoms with E-state index in [-0.39, 0.29) is 0 Å². The van der Waals surface area contributed by atoms with Crippen LogP contribution in [0.2, 0.25) is 0 Å². The van der Waals surface area contributed by atoms with Gasteiger partial charge in [0.2, 0.25) is 12.3 Å². The highest BCUT2D eigenvalue weighted by molar-refractivity contribution is 7.22. The van der Waals surface area contributed by atoms with Crippen LogP contribution < -0.4 is 10.6 Å². The molecule has 1 aromatic carbocycles. The van der Waals surface area contributed by atoms with Crippen molar-refractivity contribution in [2.75, 3.05) is 11.9 Å². The van der Waals surface area contributed by atoms with E-state index in [1.807, 2.05) is 12.1 Å². The Morgan fingerprint density at radius 1 is 1.44 bits per heavy atom. The topological polar surface area (TPSA) is 63.4 Å². The molecule has 0 radical (unpaired) electrons. The van der Waals surface area contributed by atoms with Gasteiger partial charge >= 0.3 is 0 Å². The van der Waals surface area contributed by atoms with E-state index < -0.39 is 5.91 Å². The third kappa shape index (κ3) is 1.77. The Bertz CT molecular complexity index is 562. The first-order valence-corrected chi connectivity index (χ1v) is 5.45. The fourth-order valence-corrected chi connectivity index (χ4v) is 2.38. The molecular weight excluding hydrogens is 224 g/mol. The van der Waals surface area contributed by atoms with Crippen molar-refractivity contribution in [3.05, 3.63) is 29.8 Å². The molecule has 0 saturated heterocycles. The quantitative estimate of drug-likeness (QED) is 0.820. The molecule has 0 aliphatic carbocycles. The molecular formula is C11H10N2O2S. The number of thiophene rings is 1. The maximum absolute atomic E-state index is 11.0. The molecule has 2 aromatic rings. The molecule has 5 heteroatoms. The lowest BCUT2D eigenvalue weighted by Crippen LogP contribution is -2.11. The summed E-state index contributed by atoms with van der Waals surface area (Å²) in [6.45, 7) is 0. The lowest BCUT2D eigenvalue weighted by molar-refractivity contribution is -0.107. The van der Waals surface area contributed by atoms with Gasteiger partial charge in [-0.2, -0.15) is 0 Å². The predicted octanol–water partition coefficient (Wildman–Crippen LogP) is 1.59. The van der Waals surface area contributed by atoms with Crippen LogP contribution in [0.3, 0.4) is 0 Å². The van der Waals surface area contributed by atoms with E-state index in [1.54, 1.807) is 19.2 Å². The number of nitrogens with two attached hydrogens (primary N) is 1. The van der Waals surface area contributed by atoms with Gasteiger partial charge in [-0.3, -0.25) is 9.59 Å². The summed E-state index contributed by atoms with van der Waals surface area (Å²) in [5.41, 5.74) is 5.67. The Hall–Kier alpha value is -1.88. The molecule has 0 aliphatic heterocycles. The van der Waals surface area contributed by atoms with E-state index in [1.165, 1.54) is 16.2 Å². The Morgan fingerprint density at radius 3 is 2.81 bits per heavy atom. The molecule has 2 rings (SSSR count). The average molecular weight is 234 g/mol. The third-order valence-corrected chi connectivity index (χ3v) is 3.50. The van der Waals surface area contributed by atoms with E-state index in [0.717, 1.165) is 21.5 Å². The number of fused-ring (bicyclic) bond motifs is 1. The van der Waals surface area contributed by atoms with Gasteiger partial charge < -0.3 is 10.6 Å². The van der Waals surface area contributed by atoms with Crippen molar-refractivity contribution in [2.24, 2.45) is 5.73 Å². The minimum absolute atomic E-state index is 0.446. The van der Waals surface area contributed by atoms with Crippen LogP contribution in [0.15, 0.2) is 24.3 Å². The van der Waals surface area contributed by atoms with Crippen molar-refractivity contribution in [3.63, 3.8) is 0 Å². The van der Waals surface area contributed by atoms with E-state index in [2.05, 4.69) is 0 Å². The fourth-order valence-electron chi connectivity index (χ4n) is 1.41. The lowest BCUT2D eigenvalue weighted by Gasteiger charge is -2.04. The number of benzene rings is 1. The zero-order valence-corrected chi connectivity index (χ0v) is 9.45. The Balaban J connectivity index is 2.53. The molecule has 2 N–H and O–H groups in total. The van der Waals surface area contributed by atoms with Crippen LogP contribution in [-0.4, -0.2) is 19.4 Å². The van der Waals surface area contributed by atoms with Gasteiger partial charge in [0.05, 0.1) is 5.00 Å². The van der Waals surface area contributed by atoms with E-state index >= 15 is 0 Å². The maximum Gasteiger partial charge on any atom is 0.248 e. The summed E-state index contributed by atoms with van der Waals surface area (Å²) < 4.78 is 1.02. The Labute approximate surface area is 96.3 Å². The zero-order valence-electron chi connectivity index (χ0n) is 8.64. The summed E-state index contributed by atoms with van der Waals surface area (Å²) in [5.74, 6) is -0.446. The molecule has 0 spiro atoms. The molecule has 1 heterocycles. The molecule has 16 heavy (non-hydrogen) atoms. The van der Waals surface area contributed by atoms with Crippen LogP contribution in [0, 0.1) is 0 Å². The normalized spacial score (nSPS) is 10.3. The molecule has 2 amide bonds. The molecule has 0 saturated carbocycles. The van der Waals surface area contributed by atoms with Crippen molar-refractivity contribution >= 4 is 38.7 Å². The van der Waals surface area contributed by atoms with E-state index in [0.29, 0.717) is 5.56 Å². The van der Waals surface area contributed by atoms with Crippen LogP contribution in [0.1, 0.15) is 10.4 Å². The van der Waals surface area contributed by atoms with Crippen molar-refractivity contribution in [1.82, 2.24) is 0 Å². The first kappa shape index (κ1) is 10.6. The Kier molecular flexibility index (Phi) is 2.62. The highest BCUT2D eigenvalue weighted by Crippen LogP contribution is 2.31. The molecule has 1 aromatic heterocycles. The van der Waals surface area contributed by atoms with E-state index in [9.17, 15) is 9.59 Å². The summed E-state index contributed by atoms with van der Waals surface area (Å²) in [6, 6.07) is 7.12. The number of carbonyl (C=O) groups excluding carboxylic acids is 2. The standard InChI is InChI=1S/C11H10N2O2S/c1-13(6-14)10-5-8-4-7(11(12)15)2-3-9(8)16-10/h2-6H,1H3,(H2,12,15). The second-order valence-electron chi connectivity index (χ2n) is 3.42. The van der Waals surface area contributed by atoms with Gasteiger partial charge in [0, 0.05) is 17.3 Å². The van der Waals surface area contributed by atoms with Crippen LogP contribution >= 0.6 is 11.3 Å². The number of anilines is 1. The highest BCUT2D eigenvalue weighted by atomic mass is 32.1. The lowest BCUT2D eigenvalue weighted by atomic mass is 10.1. The predicted molar refractivity (Wildman–Crippen MR) is 64.8 cm³/mol. The number of rotatable bonds is 3. The third-order valence-electron chi connectivity index (χ3n) is 2.29. The smallest absolute Gasteiger partial charge is 0.248 e. The molecule has 0 fully saturated rings. The van der Waals surface area contributed by atoms with Crippen LogP contribution in [0.4, 0.5) is 5.00 Å². The van der Waals surface area contributed by atoms with Gasteiger partial charge in [0.1, 0.15) is 0 Å². The van der Waals surface area contributed by atoms with Crippen LogP contribution in [0.25, 0.3) is 10.1 Å². The minimum atomic E-state index is -0.446. The average Bonchev–Trinajstić information content (AvgIpc) is 2.70. The molecule has 0 atom stereocenters. The number of hydrogen-bond acceptors (Lipinski definition) is 3. The largest absolute Gasteiger partial charge is 0.366 e. The highest BCUT2D eigenvalue weighted by Gasteiger charge is 2.07. The number of carbonyl (C=O) groups is 2. The molecule has 82 valence electrons. The second kappa shape index (κ2) is 3.94. The SMILES string of the molecule is CN(C=O)c1cc2cc(C(N)=O)ccc2s1. The molecule has 0 aliphatic rings. The van der Waals surface area contributed by atoms with Gasteiger partial charge in [-0.1, -0.05) is 0 Å². The van der Waals surface area contributed by atoms with Crippen molar-refractivity contribution in [2.45, 2.75) is 0 Å². The number of nitrogens with zero attached hydrogens (tertiary/aromatic N) is 1. The summed E-state index contributed by atoms with van der Waals surface area (Å²) in [5, 5.41) is 1.76. The van der Waals surface area contributed by atoms with Crippen molar-refractivity contribution < 1.29 is 9.59 Å². The summed E-state index contributed by atoms with van der Waals surface area (Å²) in [4.78, 5) is 23.1. The van der Waals surface area contributed by atoms with E-state index in [4.69, 9.17) is 5.73 Å². The zero-order chi connectivity index (χ0) is 11.7. The first-order chi connectivity index (χ1) is 7.61. The second-order valence-corrected chi connectivity index (χ2v) is 4.48. The molecule has 4 nitrogen and oxygen atoms in total. The Morgan fingerprint density at radius 2 is 2.19 bits per heavy atom. The summed E-state index contributed by atoms with van der Waals surface area (Å²) in [6.07, 6.45) is 0.750. The van der Waals surface area contributed by atoms with Crippen LogP contribution in [0.5, 0.6) is 0 Å². The maximum atomic E-state index is 11.0. The van der Waals surface area contributed by atoms with Gasteiger partial charge in [-0.05, 0) is 29.7 Å². The fraction of sp³-hybridized carbons (Fsp3) is 0.0909. The van der Waals surface area contributed by atoms with Crippen molar-refractivity contribution in [1.29, 1.82) is 0 Å². The van der Waals surface area contributed by atoms with Gasteiger partial charge in [-0.25, -0.2) is 0 Å². The van der Waals surface area contributed by atoms with Crippen molar-refractivity contribution in [3.8, 4) is 0 Å². The molecule has 0 bridgehead atoms.